The lowest BCUT2D eigenvalue weighted by molar-refractivity contribution is 0.731. The molecule has 0 radical (unpaired) electrons. The van der Waals surface area contributed by atoms with Crippen LogP contribution in [-0.4, -0.2) is 19.7 Å². The lowest BCUT2D eigenvalue weighted by Crippen LogP contribution is -2.09. The summed E-state index contributed by atoms with van der Waals surface area (Å²) in [4.78, 5) is 19.1. The second-order valence-corrected chi connectivity index (χ2v) is 5.05. The summed E-state index contributed by atoms with van der Waals surface area (Å²) in [7, 11) is 1.92. The number of aryl methyl sites for hydroxylation is 3. The van der Waals surface area contributed by atoms with Gasteiger partial charge in [-0.05, 0) is 38.5 Å². The third-order valence-electron chi connectivity index (χ3n) is 3.62. The number of nitrogens with one attached hydrogen (secondary N) is 1. The van der Waals surface area contributed by atoms with Gasteiger partial charge < -0.3 is 4.98 Å². The summed E-state index contributed by atoms with van der Waals surface area (Å²) >= 11 is 0. The maximum atomic E-state index is 12.0. The fourth-order valence-corrected chi connectivity index (χ4v) is 2.60. The first-order valence-corrected chi connectivity index (χ1v) is 6.48. The molecule has 0 aliphatic heterocycles. The smallest absolute Gasteiger partial charge is 0.258 e. The molecular formula is C15H16N4O. The van der Waals surface area contributed by atoms with Crippen LogP contribution in [0.3, 0.4) is 0 Å². The van der Waals surface area contributed by atoms with Gasteiger partial charge in [-0.2, -0.15) is 5.10 Å². The summed E-state index contributed by atoms with van der Waals surface area (Å²) in [5.41, 5.74) is 4.73. The average Bonchev–Trinajstić information content (AvgIpc) is 2.63. The summed E-state index contributed by atoms with van der Waals surface area (Å²) in [5, 5.41) is 5.03. The van der Waals surface area contributed by atoms with Crippen LogP contribution in [-0.2, 0) is 7.05 Å². The molecule has 0 saturated carbocycles. The summed E-state index contributed by atoms with van der Waals surface area (Å²) in [5.74, 6) is 0.629. The van der Waals surface area contributed by atoms with E-state index in [4.69, 9.17) is 0 Å². The third kappa shape index (κ3) is 1.82. The molecule has 5 heteroatoms. The number of aromatic amines is 1. The van der Waals surface area contributed by atoms with Crippen LogP contribution in [0, 0.1) is 20.8 Å². The van der Waals surface area contributed by atoms with Crippen molar-refractivity contribution >= 4 is 10.9 Å². The summed E-state index contributed by atoms with van der Waals surface area (Å²) in [6, 6.07) is 5.77. The molecule has 0 amide bonds. The highest BCUT2D eigenvalue weighted by molar-refractivity contribution is 5.84. The molecule has 5 nitrogen and oxygen atoms in total. The Morgan fingerprint density at radius 1 is 1.20 bits per heavy atom. The number of hydrogen-bond donors (Lipinski definition) is 1. The van der Waals surface area contributed by atoms with Crippen molar-refractivity contribution < 1.29 is 0 Å². The van der Waals surface area contributed by atoms with Crippen LogP contribution < -0.4 is 5.56 Å². The molecule has 102 valence electrons. The molecule has 0 bridgehead atoms. The van der Waals surface area contributed by atoms with Crippen molar-refractivity contribution in [2.24, 2.45) is 7.05 Å². The number of benzene rings is 1. The van der Waals surface area contributed by atoms with Gasteiger partial charge in [0.2, 0.25) is 0 Å². The zero-order valence-corrected chi connectivity index (χ0v) is 12.0. The zero-order valence-electron chi connectivity index (χ0n) is 12.0. The van der Waals surface area contributed by atoms with Crippen LogP contribution in [0.15, 0.2) is 23.0 Å². The van der Waals surface area contributed by atoms with Crippen LogP contribution >= 0.6 is 0 Å². The SMILES string of the molecule is Cc1nc2ccc(-c3c(C)nn(C)c3C)cc2c(=O)[nH]1. The Morgan fingerprint density at radius 3 is 2.60 bits per heavy atom. The maximum absolute atomic E-state index is 12.0. The minimum atomic E-state index is -0.103. The molecule has 3 aromatic rings. The highest BCUT2D eigenvalue weighted by Crippen LogP contribution is 2.27. The molecule has 0 unspecified atom stereocenters. The largest absolute Gasteiger partial charge is 0.310 e. The van der Waals surface area contributed by atoms with Crippen molar-refractivity contribution in [1.82, 2.24) is 19.7 Å². The Kier molecular flexibility index (Phi) is 2.71. The fraction of sp³-hybridized carbons (Fsp3) is 0.267. The minimum Gasteiger partial charge on any atom is -0.310 e. The third-order valence-corrected chi connectivity index (χ3v) is 3.62. The second-order valence-electron chi connectivity index (χ2n) is 5.05. The molecule has 0 atom stereocenters. The van der Waals surface area contributed by atoms with E-state index in [2.05, 4.69) is 15.1 Å². The van der Waals surface area contributed by atoms with Gasteiger partial charge in [0.1, 0.15) is 5.82 Å². The van der Waals surface area contributed by atoms with Crippen LogP contribution in [0.2, 0.25) is 0 Å². The van der Waals surface area contributed by atoms with Crippen LogP contribution in [0.4, 0.5) is 0 Å². The van der Waals surface area contributed by atoms with E-state index in [1.165, 1.54) is 0 Å². The fourth-order valence-electron chi connectivity index (χ4n) is 2.60. The van der Waals surface area contributed by atoms with E-state index in [1.807, 2.05) is 43.8 Å². The van der Waals surface area contributed by atoms with Gasteiger partial charge in [0, 0.05) is 18.3 Å². The molecule has 2 aromatic heterocycles. The number of fused-ring (bicyclic) bond motifs is 1. The Hall–Kier alpha value is -2.43. The van der Waals surface area contributed by atoms with Crippen molar-refractivity contribution in [2.75, 3.05) is 0 Å². The van der Waals surface area contributed by atoms with Crippen molar-refractivity contribution in [3.63, 3.8) is 0 Å². The van der Waals surface area contributed by atoms with E-state index in [0.717, 1.165) is 22.5 Å². The van der Waals surface area contributed by atoms with E-state index < -0.39 is 0 Å². The Labute approximate surface area is 116 Å². The first-order valence-electron chi connectivity index (χ1n) is 6.48. The molecule has 0 aliphatic carbocycles. The van der Waals surface area contributed by atoms with Crippen LogP contribution in [0.1, 0.15) is 17.2 Å². The predicted molar refractivity (Wildman–Crippen MR) is 78.8 cm³/mol. The molecule has 2 heterocycles. The maximum Gasteiger partial charge on any atom is 0.258 e. The van der Waals surface area contributed by atoms with Crippen molar-refractivity contribution in [3.8, 4) is 11.1 Å². The molecule has 1 N–H and O–H groups in total. The second kappa shape index (κ2) is 4.30. The number of nitrogens with zero attached hydrogens (tertiary/aromatic N) is 3. The first-order chi connectivity index (χ1) is 9.47. The van der Waals surface area contributed by atoms with Crippen LogP contribution in [0.25, 0.3) is 22.0 Å². The van der Waals surface area contributed by atoms with E-state index in [-0.39, 0.29) is 5.56 Å². The van der Waals surface area contributed by atoms with Crippen molar-refractivity contribution in [1.29, 1.82) is 0 Å². The zero-order chi connectivity index (χ0) is 14.4. The molecule has 0 spiro atoms. The van der Waals surface area contributed by atoms with Gasteiger partial charge in [0.25, 0.3) is 5.56 Å². The molecule has 3 rings (SSSR count). The number of hydrogen-bond acceptors (Lipinski definition) is 3. The molecule has 0 aliphatic rings. The van der Waals surface area contributed by atoms with Gasteiger partial charge in [-0.15, -0.1) is 0 Å². The monoisotopic (exact) mass is 268 g/mol. The molecule has 0 fully saturated rings. The Bertz CT molecular complexity index is 873. The number of H-pyrrole nitrogens is 1. The Morgan fingerprint density at radius 2 is 1.95 bits per heavy atom. The molecule has 1 aromatic carbocycles. The summed E-state index contributed by atoms with van der Waals surface area (Å²) in [6.07, 6.45) is 0. The predicted octanol–water partition coefficient (Wildman–Crippen LogP) is 2.25. The van der Waals surface area contributed by atoms with Gasteiger partial charge in [0.15, 0.2) is 0 Å². The van der Waals surface area contributed by atoms with E-state index >= 15 is 0 Å². The highest BCUT2D eigenvalue weighted by atomic mass is 16.1. The van der Waals surface area contributed by atoms with E-state index in [0.29, 0.717) is 16.7 Å². The molecular weight excluding hydrogens is 252 g/mol. The quantitative estimate of drug-likeness (QED) is 0.736. The standard InChI is InChI=1S/C15H16N4O/c1-8-14(9(2)19(4)18-8)11-5-6-13-12(7-11)15(20)17-10(3)16-13/h5-7H,1-4H3,(H,16,17,20). The Balaban J connectivity index is 2.31. The van der Waals surface area contributed by atoms with Crippen molar-refractivity contribution in [3.05, 3.63) is 45.8 Å². The summed E-state index contributed by atoms with van der Waals surface area (Å²) in [6.45, 7) is 5.78. The lowest BCUT2D eigenvalue weighted by Gasteiger charge is -2.05. The van der Waals surface area contributed by atoms with Gasteiger partial charge in [-0.3, -0.25) is 9.48 Å². The highest BCUT2D eigenvalue weighted by Gasteiger charge is 2.13. The van der Waals surface area contributed by atoms with Crippen LogP contribution in [0.5, 0.6) is 0 Å². The number of aromatic nitrogens is 4. The summed E-state index contributed by atoms with van der Waals surface area (Å²) < 4.78 is 1.85. The van der Waals surface area contributed by atoms with Gasteiger partial charge in [0.05, 0.1) is 16.6 Å². The molecule has 0 saturated heterocycles. The average molecular weight is 268 g/mol. The number of rotatable bonds is 1. The lowest BCUT2D eigenvalue weighted by atomic mass is 10.0. The van der Waals surface area contributed by atoms with Crippen molar-refractivity contribution in [2.45, 2.75) is 20.8 Å². The molecule has 20 heavy (non-hydrogen) atoms. The topological polar surface area (TPSA) is 63.6 Å². The van der Waals surface area contributed by atoms with Gasteiger partial charge in [-0.1, -0.05) is 6.07 Å². The minimum absolute atomic E-state index is 0.103. The van der Waals surface area contributed by atoms with E-state index in [9.17, 15) is 4.79 Å². The van der Waals surface area contributed by atoms with Gasteiger partial charge in [-0.25, -0.2) is 4.98 Å². The van der Waals surface area contributed by atoms with E-state index in [1.54, 1.807) is 6.92 Å². The van der Waals surface area contributed by atoms with Gasteiger partial charge >= 0.3 is 0 Å². The normalized spacial score (nSPS) is 11.2. The first kappa shape index (κ1) is 12.6.